The Morgan fingerprint density at radius 3 is 2.75 bits per heavy atom. The van der Waals surface area contributed by atoms with Crippen molar-refractivity contribution >= 4 is 6.29 Å². The monoisotopic (exact) mass is 168 g/mol. The second-order valence-electron chi connectivity index (χ2n) is 2.96. The van der Waals surface area contributed by atoms with E-state index < -0.39 is 0 Å². The Kier molecular flexibility index (Phi) is 6.07. The third-order valence-corrected chi connectivity index (χ3v) is 1.69. The molecule has 0 unspecified atom stereocenters. The van der Waals surface area contributed by atoms with Crippen LogP contribution in [0.3, 0.4) is 0 Å². The first-order valence-electron chi connectivity index (χ1n) is 4.13. The van der Waals surface area contributed by atoms with Gasteiger partial charge in [-0.1, -0.05) is 13.0 Å². The molecule has 0 bridgehead atoms. The SMILES string of the molecule is C/C(C=O)=C\CC[C@H](C)/C=C/O. The highest BCUT2D eigenvalue weighted by Crippen LogP contribution is 2.08. The molecule has 0 aliphatic carbocycles. The summed E-state index contributed by atoms with van der Waals surface area (Å²) in [5.41, 5.74) is 0.773. The van der Waals surface area contributed by atoms with E-state index in [9.17, 15) is 4.79 Å². The molecule has 0 amide bonds. The molecule has 2 nitrogen and oxygen atoms in total. The van der Waals surface area contributed by atoms with E-state index in [0.717, 1.165) is 31.0 Å². The molecule has 0 aromatic heterocycles. The number of hydrogen-bond donors (Lipinski definition) is 1. The van der Waals surface area contributed by atoms with E-state index in [4.69, 9.17) is 5.11 Å². The van der Waals surface area contributed by atoms with E-state index in [0.29, 0.717) is 5.92 Å². The zero-order valence-corrected chi connectivity index (χ0v) is 7.66. The quantitative estimate of drug-likeness (QED) is 0.389. The van der Waals surface area contributed by atoms with E-state index in [2.05, 4.69) is 0 Å². The van der Waals surface area contributed by atoms with Crippen LogP contribution in [0.2, 0.25) is 0 Å². The van der Waals surface area contributed by atoms with Gasteiger partial charge in [0.25, 0.3) is 0 Å². The lowest BCUT2D eigenvalue weighted by Gasteiger charge is -2.01. The summed E-state index contributed by atoms with van der Waals surface area (Å²) in [6.07, 6.45) is 7.42. The van der Waals surface area contributed by atoms with Crippen LogP contribution in [0, 0.1) is 5.92 Å². The summed E-state index contributed by atoms with van der Waals surface area (Å²) in [6.45, 7) is 3.82. The van der Waals surface area contributed by atoms with Gasteiger partial charge in [0.2, 0.25) is 0 Å². The summed E-state index contributed by atoms with van der Waals surface area (Å²) in [5.74, 6) is 0.366. The Morgan fingerprint density at radius 1 is 1.58 bits per heavy atom. The first kappa shape index (κ1) is 11.0. The number of allylic oxidation sites excluding steroid dienone is 3. The van der Waals surface area contributed by atoms with Crippen molar-refractivity contribution in [2.24, 2.45) is 5.92 Å². The maximum Gasteiger partial charge on any atom is 0.145 e. The van der Waals surface area contributed by atoms with Crippen LogP contribution >= 0.6 is 0 Å². The Morgan fingerprint density at radius 2 is 2.25 bits per heavy atom. The molecule has 0 saturated carbocycles. The van der Waals surface area contributed by atoms with E-state index in [1.54, 1.807) is 13.0 Å². The third kappa shape index (κ3) is 5.71. The molecule has 0 heterocycles. The Balaban J connectivity index is 3.62. The molecule has 0 aromatic carbocycles. The van der Waals surface area contributed by atoms with Crippen LogP contribution < -0.4 is 0 Å². The van der Waals surface area contributed by atoms with Crippen molar-refractivity contribution in [1.82, 2.24) is 0 Å². The van der Waals surface area contributed by atoms with E-state index >= 15 is 0 Å². The number of aliphatic hydroxyl groups is 1. The fraction of sp³-hybridized carbons (Fsp3) is 0.500. The van der Waals surface area contributed by atoms with Crippen molar-refractivity contribution in [3.05, 3.63) is 24.0 Å². The summed E-state index contributed by atoms with van der Waals surface area (Å²) in [6, 6.07) is 0. The second kappa shape index (κ2) is 6.65. The molecule has 1 N–H and O–H groups in total. The number of hydrogen-bond acceptors (Lipinski definition) is 2. The van der Waals surface area contributed by atoms with Crippen LogP contribution in [0.15, 0.2) is 24.0 Å². The molecule has 0 spiro atoms. The standard InChI is InChI=1S/C10H16O2/c1-9(6-7-11)4-3-5-10(2)8-12/h5-9,11H,3-4H2,1-2H3/b7-6+,10-5+/t9-/m0/s1. The van der Waals surface area contributed by atoms with Gasteiger partial charge in [-0.3, -0.25) is 4.79 Å². The molecule has 0 fully saturated rings. The largest absolute Gasteiger partial charge is 0.516 e. The highest BCUT2D eigenvalue weighted by atomic mass is 16.2. The van der Waals surface area contributed by atoms with Crippen LogP contribution in [-0.2, 0) is 4.79 Å². The van der Waals surface area contributed by atoms with Gasteiger partial charge in [-0.25, -0.2) is 0 Å². The summed E-state index contributed by atoms with van der Waals surface area (Å²) < 4.78 is 0. The molecular weight excluding hydrogens is 152 g/mol. The summed E-state index contributed by atoms with van der Waals surface area (Å²) in [4.78, 5) is 10.2. The van der Waals surface area contributed by atoms with Gasteiger partial charge < -0.3 is 5.11 Å². The van der Waals surface area contributed by atoms with Crippen molar-refractivity contribution < 1.29 is 9.90 Å². The van der Waals surface area contributed by atoms with Gasteiger partial charge in [0, 0.05) is 0 Å². The number of aldehydes is 1. The number of carbonyl (C=O) groups excluding carboxylic acids is 1. The van der Waals surface area contributed by atoms with E-state index in [1.165, 1.54) is 0 Å². The van der Waals surface area contributed by atoms with Crippen LogP contribution in [-0.4, -0.2) is 11.4 Å². The zero-order chi connectivity index (χ0) is 9.40. The molecule has 0 saturated heterocycles. The fourth-order valence-corrected chi connectivity index (χ4v) is 0.865. The van der Waals surface area contributed by atoms with Crippen molar-refractivity contribution in [2.75, 3.05) is 0 Å². The molecule has 0 aliphatic heterocycles. The van der Waals surface area contributed by atoms with Crippen LogP contribution in [0.4, 0.5) is 0 Å². The van der Waals surface area contributed by atoms with E-state index in [-0.39, 0.29) is 0 Å². The highest BCUT2D eigenvalue weighted by Gasteiger charge is 1.94. The van der Waals surface area contributed by atoms with Gasteiger partial charge in [-0.15, -0.1) is 0 Å². The zero-order valence-electron chi connectivity index (χ0n) is 7.66. The van der Waals surface area contributed by atoms with Gasteiger partial charge in [-0.05, 0) is 37.3 Å². The lowest BCUT2D eigenvalue weighted by Crippen LogP contribution is -1.88. The number of carbonyl (C=O) groups is 1. The van der Waals surface area contributed by atoms with E-state index in [1.807, 2.05) is 13.0 Å². The molecule has 0 rings (SSSR count). The maximum atomic E-state index is 10.2. The van der Waals surface area contributed by atoms with Crippen LogP contribution in [0.5, 0.6) is 0 Å². The van der Waals surface area contributed by atoms with Gasteiger partial charge >= 0.3 is 0 Å². The topological polar surface area (TPSA) is 37.3 Å². The predicted molar refractivity (Wildman–Crippen MR) is 50.0 cm³/mol. The summed E-state index contributed by atoms with van der Waals surface area (Å²) in [7, 11) is 0. The molecule has 0 aliphatic rings. The first-order chi connectivity index (χ1) is 5.70. The minimum absolute atomic E-state index is 0.366. The molecular formula is C10H16O2. The lowest BCUT2D eigenvalue weighted by molar-refractivity contribution is -0.104. The average Bonchev–Trinajstić information content (AvgIpc) is 2.04. The van der Waals surface area contributed by atoms with Crippen LogP contribution in [0.1, 0.15) is 26.7 Å². The molecule has 2 heteroatoms. The van der Waals surface area contributed by atoms with Crippen molar-refractivity contribution in [3.8, 4) is 0 Å². The van der Waals surface area contributed by atoms with Crippen LogP contribution in [0.25, 0.3) is 0 Å². The summed E-state index contributed by atoms with van der Waals surface area (Å²) >= 11 is 0. The highest BCUT2D eigenvalue weighted by molar-refractivity contribution is 5.71. The third-order valence-electron chi connectivity index (χ3n) is 1.69. The minimum Gasteiger partial charge on any atom is -0.516 e. The van der Waals surface area contributed by atoms with Crippen molar-refractivity contribution in [2.45, 2.75) is 26.7 Å². The van der Waals surface area contributed by atoms with Gasteiger partial charge in [0.15, 0.2) is 0 Å². The fourth-order valence-electron chi connectivity index (χ4n) is 0.865. The second-order valence-corrected chi connectivity index (χ2v) is 2.96. The molecule has 12 heavy (non-hydrogen) atoms. The normalized spacial score (nSPS) is 15.0. The maximum absolute atomic E-state index is 10.2. The molecule has 0 radical (unpaired) electrons. The number of aliphatic hydroxyl groups excluding tert-OH is 1. The summed E-state index contributed by atoms with van der Waals surface area (Å²) in [5, 5.41) is 8.44. The first-order valence-corrected chi connectivity index (χ1v) is 4.13. The van der Waals surface area contributed by atoms with Crippen molar-refractivity contribution in [3.63, 3.8) is 0 Å². The minimum atomic E-state index is 0.366. The molecule has 1 atom stereocenters. The average molecular weight is 168 g/mol. The molecule has 0 aromatic rings. The smallest absolute Gasteiger partial charge is 0.145 e. The molecule has 68 valence electrons. The Bertz CT molecular complexity index is 180. The van der Waals surface area contributed by atoms with Gasteiger partial charge in [0.05, 0.1) is 6.26 Å². The van der Waals surface area contributed by atoms with Crippen molar-refractivity contribution in [1.29, 1.82) is 0 Å². The van der Waals surface area contributed by atoms with Gasteiger partial charge in [-0.2, -0.15) is 0 Å². The Labute approximate surface area is 73.6 Å². The lowest BCUT2D eigenvalue weighted by atomic mass is 10.1. The number of rotatable bonds is 5. The Hall–Kier alpha value is -1.05. The predicted octanol–water partition coefficient (Wildman–Crippen LogP) is 2.62. The van der Waals surface area contributed by atoms with Gasteiger partial charge in [0.1, 0.15) is 6.29 Å².